The van der Waals surface area contributed by atoms with Gasteiger partial charge >= 0.3 is 0 Å². The SMILES string of the molecule is Cc1cnccc1C(=O)NC(C)c1nnc(N)s1. The number of nitrogens with two attached hydrogens (primary N) is 1. The van der Waals surface area contributed by atoms with Gasteiger partial charge < -0.3 is 11.1 Å². The molecule has 3 N–H and O–H groups in total. The van der Waals surface area contributed by atoms with Crippen LogP contribution < -0.4 is 11.1 Å². The van der Waals surface area contributed by atoms with E-state index in [1.54, 1.807) is 18.5 Å². The van der Waals surface area contributed by atoms with Crippen molar-refractivity contribution in [1.29, 1.82) is 0 Å². The summed E-state index contributed by atoms with van der Waals surface area (Å²) in [5, 5.41) is 11.6. The van der Waals surface area contributed by atoms with E-state index in [0.29, 0.717) is 15.7 Å². The van der Waals surface area contributed by atoms with Crippen LogP contribution >= 0.6 is 11.3 Å². The van der Waals surface area contributed by atoms with Crippen molar-refractivity contribution in [3.63, 3.8) is 0 Å². The second kappa shape index (κ2) is 5.09. The van der Waals surface area contributed by atoms with E-state index in [9.17, 15) is 4.79 Å². The normalized spacial score (nSPS) is 12.1. The van der Waals surface area contributed by atoms with Crippen LogP contribution in [0.15, 0.2) is 18.5 Å². The molecule has 1 atom stereocenters. The highest BCUT2D eigenvalue weighted by molar-refractivity contribution is 7.15. The van der Waals surface area contributed by atoms with Gasteiger partial charge in [-0.1, -0.05) is 11.3 Å². The van der Waals surface area contributed by atoms with Crippen molar-refractivity contribution >= 4 is 22.4 Å². The summed E-state index contributed by atoms with van der Waals surface area (Å²) >= 11 is 1.27. The Morgan fingerprint density at radius 3 is 2.89 bits per heavy atom. The van der Waals surface area contributed by atoms with Crippen LogP contribution in [0.1, 0.15) is 33.9 Å². The number of carbonyl (C=O) groups excluding carboxylic acids is 1. The molecular weight excluding hydrogens is 250 g/mol. The number of anilines is 1. The first-order valence-electron chi connectivity index (χ1n) is 5.38. The molecule has 0 bridgehead atoms. The van der Waals surface area contributed by atoms with Gasteiger partial charge in [-0.2, -0.15) is 0 Å². The van der Waals surface area contributed by atoms with Gasteiger partial charge in [-0.3, -0.25) is 9.78 Å². The van der Waals surface area contributed by atoms with Gasteiger partial charge in [0.05, 0.1) is 6.04 Å². The van der Waals surface area contributed by atoms with Gasteiger partial charge in [0.2, 0.25) is 5.13 Å². The van der Waals surface area contributed by atoms with Crippen molar-refractivity contribution in [2.45, 2.75) is 19.9 Å². The van der Waals surface area contributed by atoms with Gasteiger partial charge in [-0.05, 0) is 25.5 Å². The molecule has 2 aromatic heterocycles. The van der Waals surface area contributed by atoms with E-state index >= 15 is 0 Å². The van der Waals surface area contributed by atoms with Gasteiger partial charge in [0.15, 0.2) is 0 Å². The maximum absolute atomic E-state index is 12.0. The van der Waals surface area contributed by atoms with Crippen LogP contribution in [0.5, 0.6) is 0 Å². The summed E-state index contributed by atoms with van der Waals surface area (Å²) in [5.41, 5.74) is 6.94. The van der Waals surface area contributed by atoms with Crippen LogP contribution in [0.4, 0.5) is 5.13 Å². The number of aryl methyl sites for hydroxylation is 1. The van der Waals surface area contributed by atoms with E-state index in [-0.39, 0.29) is 11.9 Å². The van der Waals surface area contributed by atoms with Crippen LogP contribution in [-0.2, 0) is 0 Å². The summed E-state index contributed by atoms with van der Waals surface area (Å²) in [6.45, 7) is 3.68. The first kappa shape index (κ1) is 12.4. The molecule has 0 aromatic carbocycles. The third-order valence-corrected chi connectivity index (χ3v) is 3.37. The quantitative estimate of drug-likeness (QED) is 0.870. The zero-order chi connectivity index (χ0) is 13.1. The molecule has 0 spiro atoms. The molecular formula is C11H13N5OS. The van der Waals surface area contributed by atoms with Gasteiger partial charge in [-0.25, -0.2) is 0 Å². The van der Waals surface area contributed by atoms with Gasteiger partial charge in [0, 0.05) is 18.0 Å². The van der Waals surface area contributed by atoms with E-state index in [1.165, 1.54) is 11.3 Å². The minimum atomic E-state index is -0.222. The highest BCUT2D eigenvalue weighted by atomic mass is 32.1. The van der Waals surface area contributed by atoms with Crippen molar-refractivity contribution in [3.8, 4) is 0 Å². The number of carbonyl (C=O) groups is 1. The number of hydrogen-bond acceptors (Lipinski definition) is 6. The molecule has 0 saturated carbocycles. The van der Waals surface area contributed by atoms with Gasteiger partial charge in [0.25, 0.3) is 5.91 Å². The molecule has 1 amide bonds. The Hall–Kier alpha value is -2.02. The lowest BCUT2D eigenvalue weighted by atomic mass is 10.1. The maximum atomic E-state index is 12.0. The minimum absolute atomic E-state index is 0.156. The number of pyridine rings is 1. The Morgan fingerprint density at radius 2 is 2.28 bits per heavy atom. The maximum Gasteiger partial charge on any atom is 0.252 e. The number of nitrogen functional groups attached to an aromatic ring is 1. The Morgan fingerprint density at radius 1 is 1.50 bits per heavy atom. The third-order valence-electron chi connectivity index (χ3n) is 2.44. The summed E-state index contributed by atoms with van der Waals surface area (Å²) in [4.78, 5) is 16.0. The fraction of sp³-hybridized carbons (Fsp3) is 0.273. The molecule has 0 fully saturated rings. The number of amides is 1. The highest BCUT2D eigenvalue weighted by Gasteiger charge is 2.16. The van der Waals surface area contributed by atoms with E-state index < -0.39 is 0 Å². The average Bonchev–Trinajstić information content (AvgIpc) is 2.76. The molecule has 0 saturated heterocycles. The van der Waals surface area contributed by atoms with Crippen molar-refractivity contribution in [2.75, 3.05) is 5.73 Å². The lowest BCUT2D eigenvalue weighted by Gasteiger charge is -2.11. The summed E-state index contributed by atoms with van der Waals surface area (Å²) in [7, 11) is 0. The molecule has 7 heteroatoms. The Kier molecular flexibility index (Phi) is 3.52. The van der Waals surface area contributed by atoms with Crippen molar-refractivity contribution in [1.82, 2.24) is 20.5 Å². The lowest BCUT2D eigenvalue weighted by Crippen LogP contribution is -2.27. The minimum Gasteiger partial charge on any atom is -0.374 e. The van der Waals surface area contributed by atoms with E-state index in [4.69, 9.17) is 5.73 Å². The zero-order valence-corrected chi connectivity index (χ0v) is 10.9. The standard InChI is InChI=1S/C11H13N5OS/c1-6-5-13-4-3-8(6)9(17)14-7(2)10-15-16-11(12)18-10/h3-5,7H,1-2H3,(H2,12,16)(H,14,17). The van der Waals surface area contributed by atoms with Crippen molar-refractivity contribution < 1.29 is 4.79 Å². The average molecular weight is 263 g/mol. The van der Waals surface area contributed by atoms with E-state index in [1.807, 2.05) is 13.8 Å². The fourth-order valence-corrected chi connectivity index (χ4v) is 2.10. The van der Waals surface area contributed by atoms with Crippen LogP contribution in [0.3, 0.4) is 0 Å². The lowest BCUT2D eigenvalue weighted by molar-refractivity contribution is 0.0939. The Balaban J connectivity index is 2.10. The molecule has 0 radical (unpaired) electrons. The highest BCUT2D eigenvalue weighted by Crippen LogP contribution is 2.19. The van der Waals surface area contributed by atoms with Gasteiger partial charge in [0.1, 0.15) is 5.01 Å². The number of rotatable bonds is 3. The largest absolute Gasteiger partial charge is 0.374 e. The molecule has 6 nitrogen and oxygen atoms in total. The number of aromatic nitrogens is 3. The summed E-state index contributed by atoms with van der Waals surface area (Å²) in [5.74, 6) is -0.156. The second-order valence-corrected chi connectivity index (χ2v) is 4.90. The summed E-state index contributed by atoms with van der Waals surface area (Å²) in [6.07, 6.45) is 3.25. The molecule has 0 aliphatic rings. The number of hydrogen-bond donors (Lipinski definition) is 2. The summed E-state index contributed by atoms with van der Waals surface area (Å²) in [6, 6.07) is 1.46. The van der Waals surface area contributed by atoms with Crippen LogP contribution in [0.2, 0.25) is 0 Å². The molecule has 2 aromatic rings. The van der Waals surface area contributed by atoms with Crippen molar-refractivity contribution in [2.24, 2.45) is 0 Å². The molecule has 2 heterocycles. The predicted octanol–water partition coefficient (Wildman–Crippen LogP) is 1.31. The smallest absolute Gasteiger partial charge is 0.252 e. The summed E-state index contributed by atoms with van der Waals surface area (Å²) < 4.78 is 0. The molecule has 2 rings (SSSR count). The van der Waals surface area contributed by atoms with Crippen molar-refractivity contribution in [3.05, 3.63) is 34.6 Å². The van der Waals surface area contributed by atoms with Crippen LogP contribution in [0.25, 0.3) is 0 Å². The molecule has 18 heavy (non-hydrogen) atoms. The Labute approximate surface area is 108 Å². The number of nitrogens with one attached hydrogen (secondary N) is 1. The predicted molar refractivity (Wildman–Crippen MR) is 69.2 cm³/mol. The second-order valence-electron chi connectivity index (χ2n) is 3.86. The van der Waals surface area contributed by atoms with Crippen LogP contribution in [-0.4, -0.2) is 21.1 Å². The van der Waals surface area contributed by atoms with Crippen LogP contribution in [0, 0.1) is 6.92 Å². The molecule has 1 unspecified atom stereocenters. The monoisotopic (exact) mass is 263 g/mol. The Bertz CT molecular complexity index is 568. The topological polar surface area (TPSA) is 93.8 Å². The molecule has 0 aliphatic carbocycles. The fourth-order valence-electron chi connectivity index (χ4n) is 1.49. The first-order chi connectivity index (χ1) is 8.58. The first-order valence-corrected chi connectivity index (χ1v) is 6.20. The number of nitrogens with zero attached hydrogens (tertiary/aromatic N) is 3. The van der Waals surface area contributed by atoms with E-state index in [0.717, 1.165) is 5.56 Å². The molecule has 0 aliphatic heterocycles. The van der Waals surface area contributed by atoms with Gasteiger partial charge in [-0.15, -0.1) is 10.2 Å². The molecule has 94 valence electrons. The zero-order valence-electron chi connectivity index (χ0n) is 10.0. The van der Waals surface area contributed by atoms with E-state index in [2.05, 4.69) is 20.5 Å². The third kappa shape index (κ3) is 2.62.